The molecule has 214 valence electrons. The molecule has 0 saturated heterocycles. The highest BCUT2D eigenvalue weighted by Crippen LogP contribution is 2.48. The van der Waals surface area contributed by atoms with Gasteiger partial charge in [0.15, 0.2) is 0 Å². The van der Waals surface area contributed by atoms with Gasteiger partial charge in [-0.25, -0.2) is 4.79 Å². The van der Waals surface area contributed by atoms with Crippen LogP contribution in [0.1, 0.15) is 42.4 Å². The Morgan fingerprint density at radius 3 is 1.73 bits per heavy atom. The maximum atomic E-state index is 11.9. The van der Waals surface area contributed by atoms with E-state index in [0.29, 0.717) is 24.5 Å². The van der Waals surface area contributed by atoms with E-state index >= 15 is 0 Å². The number of benzene rings is 4. The van der Waals surface area contributed by atoms with E-state index in [-0.39, 0.29) is 4.75 Å². The van der Waals surface area contributed by atoms with Gasteiger partial charge in [-0.2, -0.15) is 0 Å². The average molecular weight is 569 g/mol. The molecule has 0 aliphatic carbocycles. The van der Waals surface area contributed by atoms with Crippen LogP contribution in [0.2, 0.25) is 0 Å². The predicted octanol–water partition coefficient (Wildman–Crippen LogP) is 7.56. The Balaban J connectivity index is 1.17. The molecule has 4 aromatic carbocycles. The smallest absolute Gasteiger partial charge is 0.412 e. The molecular formula is C34H38N3O3S-. The van der Waals surface area contributed by atoms with Crippen LogP contribution in [-0.2, 0) is 4.75 Å². The molecule has 4 rings (SSSR count). The van der Waals surface area contributed by atoms with Gasteiger partial charge in [-0.15, -0.1) is 11.8 Å². The zero-order valence-electron chi connectivity index (χ0n) is 23.3. The van der Waals surface area contributed by atoms with E-state index in [4.69, 9.17) is 4.74 Å². The fourth-order valence-corrected chi connectivity index (χ4v) is 6.37. The summed E-state index contributed by atoms with van der Waals surface area (Å²) in [6.07, 6.45) is 4.07. The van der Waals surface area contributed by atoms with Crippen LogP contribution in [0.25, 0.3) is 0 Å². The van der Waals surface area contributed by atoms with Gasteiger partial charge >= 0.3 is 6.09 Å². The number of rotatable bonds is 16. The minimum absolute atomic E-state index is 0.253. The molecule has 6 nitrogen and oxygen atoms in total. The third-order valence-electron chi connectivity index (χ3n) is 6.86. The number of amides is 1. The Bertz CT molecular complexity index is 1190. The maximum absolute atomic E-state index is 11.9. The van der Waals surface area contributed by atoms with Crippen molar-refractivity contribution in [1.29, 1.82) is 0 Å². The molecule has 0 unspecified atom stereocenters. The number of carbonyl (C=O) groups is 1. The van der Waals surface area contributed by atoms with Crippen molar-refractivity contribution in [2.45, 2.75) is 30.4 Å². The molecule has 4 aromatic rings. The van der Waals surface area contributed by atoms with Crippen molar-refractivity contribution in [3.8, 4) is 5.75 Å². The molecule has 3 N–H and O–H groups in total. The second-order valence-corrected chi connectivity index (χ2v) is 11.0. The van der Waals surface area contributed by atoms with E-state index in [9.17, 15) is 10.0 Å². The zero-order valence-corrected chi connectivity index (χ0v) is 24.1. The Morgan fingerprint density at radius 2 is 1.20 bits per heavy atom. The molecule has 0 aromatic heterocycles. The molecule has 0 aliphatic heterocycles. The van der Waals surface area contributed by atoms with Gasteiger partial charge in [-0.3, -0.25) is 0 Å². The minimum atomic E-state index is -0.510. The van der Waals surface area contributed by atoms with Gasteiger partial charge in [-0.1, -0.05) is 104 Å². The number of carbonyl (C=O) groups excluding carboxylic acids is 1. The molecule has 0 atom stereocenters. The summed E-state index contributed by atoms with van der Waals surface area (Å²) in [6, 6.07) is 38.8. The second kappa shape index (κ2) is 16.5. The number of anilines is 1. The minimum Gasteiger partial charge on any atom is -0.761 e. The monoisotopic (exact) mass is 568 g/mol. The molecule has 0 fully saturated rings. The van der Waals surface area contributed by atoms with Crippen LogP contribution in [-0.4, -0.2) is 31.5 Å². The first-order valence-corrected chi connectivity index (χ1v) is 15.2. The van der Waals surface area contributed by atoms with Crippen LogP contribution in [0.15, 0.2) is 115 Å². The molecule has 0 heterocycles. The van der Waals surface area contributed by atoms with Gasteiger partial charge in [0, 0.05) is 18.8 Å². The second-order valence-electron chi connectivity index (χ2n) is 9.73. The highest BCUT2D eigenvalue weighted by atomic mass is 32.2. The molecule has 41 heavy (non-hydrogen) atoms. The van der Waals surface area contributed by atoms with Crippen LogP contribution in [0.3, 0.4) is 0 Å². The lowest BCUT2D eigenvalue weighted by Crippen LogP contribution is -2.34. The van der Waals surface area contributed by atoms with Crippen LogP contribution in [0, 0.1) is 5.21 Å². The number of unbranched alkanes of at least 4 members (excludes halogenated alkanes) is 3. The molecule has 0 bridgehead atoms. The number of thioether (sulfide) groups is 1. The van der Waals surface area contributed by atoms with Gasteiger partial charge in [0.1, 0.15) is 5.75 Å². The number of nitrogens with one attached hydrogen (secondary N) is 3. The highest BCUT2D eigenvalue weighted by molar-refractivity contribution is 8.00. The largest absolute Gasteiger partial charge is 0.761 e. The lowest BCUT2D eigenvalue weighted by molar-refractivity contribution is 0.200. The molecule has 0 saturated carbocycles. The van der Waals surface area contributed by atoms with Crippen molar-refractivity contribution in [3.05, 3.63) is 137 Å². The van der Waals surface area contributed by atoms with Gasteiger partial charge in [0.2, 0.25) is 0 Å². The molecule has 0 spiro atoms. The van der Waals surface area contributed by atoms with E-state index in [1.165, 1.54) is 23.1 Å². The SMILES string of the molecule is O=C(NCCNCCCCCCSC(c1ccccc1)(c1ccccc1)c1ccccc1)Oc1ccc(N[O-])cc1. The first-order chi connectivity index (χ1) is 20.2. The summed E-state index contributed by atoms with van der Waals surface area (Å²) < 4.78 is 4.94. The van der Waals surface area contributed by atoms with Crippen molar-refractivity contribution in [2.75, 3.05) is 30.9 Å². The summed E-state index contributed by atoms with van der Waals surface area (Å²) in [6.45, 7) is 2.07. The Kier molecular flexibility index (Phi) is 12.1. The normalized spacial score (nSPS) is 11.1. The van der Waals surface area contributed by atoms with Gasteiger partial charge in [-0.05, 0) is 66.1 Å². The average Bonchev–Trinajstić information content (AvgIpc) is 3.03. The van der Waals surface area contributed by atoms with Crippen molar-refractivity contribution in [2.24, 2.45) is 0 Å². The van der Waals surface area contributed by atoms with E-state index in [1.54, 1.807) is 29.7 Å². The van der Waals surface area contributed by atoms with Crippen LogP contribution in [0.5, 0.6) is 5.75 Å². The summed E-state index contributed by atoms with van der Waals surface area (Å²) in [5.74, 6) is 1.45. The third-order valence-corrected chi connectivity index (χ3v) is 8.49. The summed E-state index contributed by atoms with van der Waals surface area (Å²) in [5.41, 5.74) is 6.12. The van der Waals surface area contributed by atoms with Gasteiger partial charge in [0.25, 0.3) is 0 Å². The molecule has 0 aliphatic rings. The zero-order chi connectivity index (χ0) is 28.6. The van der Waals surface area contributed by atoms with E-state index in [0.717, 1.165) is 31.6 Å². The van der Waals surface area contributed by atoms with E-state index in [1.807, 2.05) is 11.8 Å². The van der Waals surface area contributed by atoms with Crippen LogP contribution in [0.4, 0.5) is 10.5 Å². The number of ether oxygens (including phenoxy) is 1. The van der Waals surface area contributed by atoms with E-state index in [2.05, 4.69) is 102 Å². The lowest BCUT2D eigenvalue weighted by Gasteiger charge is -2.35. The number of hydrogen-bond acceptors (Lipinski definition) is 6. The van der Waals surface area contributed by atoms with Crippen molar-refractivity contribution in [1.82, 2.24) is 10.6 Å². The summed E-state index contributed by atoms with van der Waals surface area (Å²) in [5, 5.41) is 16.7. The van der Waals surface area contributed by atoms with E-state index < -0.39 is 6.09 Å². The first-order valence-electron chi connectivity index (χ1n) is 14.2. The van der Waals surface area contributed by atoms with Crippen molar-refractivity contribution < 1.29 is 9.53 Å². The van der Waals surface area contributed by atoms with Crippen molar-refractivity contribution >= 4 is 23.5 Å². The Morgan fingerprint density at radius 1 is 0.659 bits per heavy atom. The summed E-state index contributed by atoms with van der Waals surface area (Å²) in [7, 11) is 0. The van der Waals surface area contributed by atoms with Crippen molar-refractivity contribution in [3.63, 3.8) is 0 Å². The molecule has 7 heteroatoms. The Labute approximate surface area is 247 Å². The fourth-order valence-electron chi connectivity index (χ4n) is 4.81. The quantitative estimate of drug-likeness (QED) is 0.0735. The summed E-state index contributed by atoms with van der Waals surface area (Å²) in [4.78, 5) is 11.9. The molecule has 1 amide bonds. The predicted molar refractivity (Wildman–Crippen MR) is 170 cm³/mol. The lowest BCUT2D eigenvalue weighted by atomic mass is 9.84. The van der Waals surface area contributed by atoms with Crippen LogP contribution < -0.4 is 20.9 Å². The summed E-state index contributed by atoms with van der Waals surface area (Å²) >= 11 is 2.02. The third kappa shape index (κ3) is 8.85. The van der Waals surface area contributed by atoms with Crippen LogP contribution >= 0.6 is 11.8 Å². The number of hydrogen-bond donors (Lipinski definition) is 3. The highest BCUT2D eigenvalue weighted by Gasteiger charge is 2.36. The van der Waals surface area contributed by atoms with Gasteiger partial charge < -0.3 is 26.1 Å². The topological polar surface area (TPSA) is 85.5 Å². The first kappa shape index (κ1) is 30.2. The standard InChI is InChI=1S/C34H38N3O3S/c38-33(40-32-22-20-31(37-39)21-23-32)36-26-25-35-24-12-1-2-13-27-41-34(28-14-6-3-7-15-28,29-16-8-4-9-17-29)30-18-10-5-11-19-30/h3-11,14-23,35,37H,1-2,12-13,24-27H2,(H,36,38)/q-1. The maximum Gasteiger partial charge on any atom is 0.412 e. The van der Waals surface area contributed by atoms with Gasteiger partial charge in [0.05, 0.1) is 4.75 Å². The Hall–Kier alpha value is -3.78. The molecule has 0 radical (unpaired) electrons. The molecular weight excluding hydrogens is 530 g/mol. The fraction of sp³-hybridized carbons (Fsp3) is 0.265.